The van der Waals surface area contributed by atoms with Crippen LogP contribution in [0.4, 0.5) is 0 Å². The molecule has 1 unspecified atom stereocenters. The quantitative estimate of drug-likeness (QED) is 0.835. The predicted molar refractivity (Wildman–Crippen MR) is 58.2 cm³/mol. The van der Waals surface area contributed by atoms with E-state index in [-0.39, 0.29) is 11.7 Å². The molecule has 1 rings (SSSR count). The number of halogens is 1. The lowest BCUT2D eigenvalue weighted by Gasteiger charge is -2.14. The third-order valence-electron chi connectivity index (χ3n) is 2.12. The molecular weight excluding hydrogens is 198 g/mol. The molecule has 0 amide bonds. The molecule has 3 heteroatoms. The fourth-order valence-electron chi connectivity index (χ4n) is 1.24. The molecule has 0 aliphatic rings. The van der Waals surface area contributed by atoms with Crippen LogP contribution in [0, 0.1) is 5.92 Å². The van der Waals surface area contributed by atoms with Crippen molar-refractivity contribution in [1.29, 1.82) is 0 Å². The molecule has 2 N–H and O–H groups in total. The molecule has 1 aromatic carbocycles. The number of rotatable bonds is 3. The Morgan fingerprint density at radius 2 is 1.93 bits per heavy atom. The highest BCUT2D eigenvalue weighted by molar-refractivity contribution is 6.31. The number of carbonyl (C=O) groups is 1. The molecule has 76 valence electrons. The van der Waals surface area contributed by atoms with E-state index in [0.717, 1.165) is 0 Å². The van der Waals surface area contributed by atoms with Crippen LogP contribution in [-0.2, 0) is 4.79 Å². The molecule has 0 saturated carbocycles. The topological polar surface area (TPSA) is 43.1 Å². The molecule has 0 aliphatic heterocycles. The second-order valence-electron chi connectivity index (χ2n) is 3.56. The third-order valence-corrected chi connectivity index (χ3v) is 2.46. The molecule has 2 nitrogen and oxygen atoms in total. The molecule has 0 spiro atoms. The van der Waals surface area contributed by atoms with Crippen LogP contribution in [0.2, 0.25) is 5.02 Å². The summed E-state index contributed by atoms with van der Waals surface area (Å²) in [7, 11) is 0. The smallest absolute Gasteiger partial charge is 0.156 e. The average Bonchev–Trinajstić information content (AvgIpc) is 2.16. The highest BCUT2D eigenvalue weighted by Gasteiger charge is 2.20. The van der Waals surface area contributed by atoms with Crippen molar-refractivity contribution >= 4 is 17.4 Å². The summed E-state index contributed by atoms with van der Waals surface area (Å²) in [6.07, 6.45) is 0. The number of ketones is 1. The van der Waals surface area contributed by atoms with Gasteiger partial charge >= 0.3 is 0 Å². The van der Waals surface area contributed by atoms with Crippen molar-refractivity contribution in [2.75, 3.05) is 0 Å². The number of nitrogens with two attached hydrogens (primary N) is 1. The fraction of sp³-hybridized carbons (Fsp3) is 0.364. The average molecular weight is 212 g/mol. The molecule has 0 bridgehead atoms. The second kappa shape index (κ2) is 4.58. The van der Waals surface area contributed by atoms with Crippen LogP contribution in [0.25, 0.3) is 0 Å². The molecule has 0 aliphatic carbocycles. The SMILES string of the molecule is CC(C)C(=O)C(N)c1ccccc1Cl. The van der Waals surface area contributed by atoms with Crippen molar-refractivity contribution in [3.63, 3.8) is 0 Å². The summed E-state index contributed by atoms with van der Waals surface area (Å²) in [4.78, 5) is 11.6. The lowest BCUT2D eigenvalue weighted by atomic mass is 9.96. The molecule has 0 fully saturated rings. The van der Waals surface area contributed by atoms with Crippen LogP contribution in [0.1, 0.15) is 25.5 Å². The largest absolute Gasteiger partial charge is 0.318 e. The van der Waals surface area contributed by atoms with Gasteiger partial charge in [0.05, 0.1) is 6.04 Å². The predicted octanol–water partition coefficient (Wildman–Crippen LogP) is 2.56. The zero-order valence-corrected chi connectivity index (χ0v) is 9.08. The Kier molecular flexibility index (Phi) is 3.67. The van der Waals surface area contributed by atoms with Gasteiger partial charge in [0.15, 0.2) is 5.78 Å². The molecule has 0 radical (unpaired) electrons. The van der Waals surface area contributed by atoms with Gasteiger partial charge in [-0.3, -0.25) is 4.79 Å². The Labute approximate surface area is 89.1 Å². The molecular formula is C11H14ClNO. The van der Waals surface area contributed by atoms with Gasteiger partial charge in [-0.2, -0.15) is 0 Å². The molecule has 1 atom stereocenters. The van der Waals surface area contributed by atoms with Gasteiger partial charge in [0.2, 0.25) is 0 Å². The van der Waals surface area contributed by atoms with Gasteiger partial charge in [0, 0.05) is 10.9 Å². The van der Waals surface area contributed by atoms with Crippen molar-refractivity contribution in [2.24, 2.45) is 11.7 Å². The van der Waals surface area contributed by atoms with Crippen LogP contribution >= 0.6 is 11.6 Å². The normalized spacial score (nSPS) is 12.9. The van der Waals surface area contributed by atoms with Gasteiger partial charge in [-0.25, -0.2) is 0 Å². The maximum atomic E-state index is 11.6. The van der Waals surface area contributed by atoms with Crippen LogP contribution in [0.15, 0.2) is 24.3 Å². The Morgan fingerprint density at radius 3 is 2.43 bits per heavy atom. The lowest BCUT2D eigenvalue weighted by molar-refractivity contribution is -0.123. The maximum absolute atomic E-state index is 11.6. The van der Waals surface area contributed by atoms with Crippen molar-refractivity contribution in [2.45, 2.75) is 19.9 Å². The van der Waals surface area contributed by atoms with E-state index in [2.05, 4.69) is 0 Å². The van der Waals surface area contributed by atoms with Crippen molar-refractivity contribution < 1.29 is 4.79 Å². The van der Waals surface area contributed by atoms with Gasteiger partial charge in [-0.05, 0) is 11.6 Å². The lowest BCUT2D eigenvalue weighted by Crippen LogP contribution is -2.25. The Morgan fingerprint density at radius 1 is 1.36 bits per heavy atom. The number of carbonyl (C=O) groups excluding carboxylic acids is 1. The van der Waals surface area contributed by atoms with Crippen molar-refractivity contribution in [3.05, 3.63) is 34.9 Å². The van der Waals surface area contributed by atoms with E-state index in [1.54, 1.807) is 12.1 Å². The summed E-state index contributed by atoms with van der Waals surface area (Å²) < 4.78 is 0. The summed E-state index contributed by atoms with van der Waals surface area (Å²) in [5.41, 5.74) is 6.51. The van der Waals surface area contributed by atoms with Gasteiger partial charge in [0.25, 0.3) is 0 Å². The second-order valence-corrected chi connectivity index (χ2v) is 3.96. The molecule has 0 aromatic heterocycles. The first kappa shape index (κ1) is 11.2. The van der Waals surface area contributed by atoms with E-state index in [1.165, 1.54) is 0 Å². The highest BCUT2D eigenvalue weighted by Crippen LogP contribution is 2.23. The van der Waals surface area contributed by atoms with Gasteiger partial charge in [0.1, 0.15) is 0 Å². The maximum Gasteiger partial charge on any atom is 0.156 e. The first-order valence-corrected chi connectivity index (χ1v) is 4.95. The minimum atomic E-state index is -0.608. The molecule has 1 aromatic rings. The fourth-order valence-corrected chi connectivity index (χ4v) is 1.49. The van der Waals surface area contributed by atoms with E-state index in [4.69, 9.17) is 17.3 Å². The van der Waals surface area contributed by atoms with E-state index in [1.807, 2.05) is 26.0 Å². The highest BCUT2D eigenvalue weighted by atomic mass is 35.5. The van der Waals surface area contributed by atoms with Crippen LogP contribution in [0.5, 0.6) is 0 Å². The minimum Gasteiger partial charge on any atom is -0.318 e. The monoisotopic (exact) mass is 211 g/mol. The summed E-state index contributed by atoms with van der Waals surface area (Å²) in [6.45, 7) is 3.66. The zero-order valence-electron chi connectivity index (χ0n) is 8.33. The van der Waals surface area contributed by atoms with E-state index in [0.29, 0.717) is 10.6 Å². The molecule has 14 heavy (non-hydrogen) atoms. The summed E-state index contributed by atoms with van der Waals surface area (Å²) in [6, 6.07) is 6.56. The van der Waals surface area contributed by atoms with E-state index in [9.17, 15) is 4.79 Å². The standard InChI is InChI=1S/C11H14ClNO/c1-7(2)11(14)10(13)8-5-3-4-6-9(8)12/h3-7,10H,13H2,1-2H3. The first-order valence-electron chi connectivity index (χ1n) is 4.57. The van der Waals surface area contributed by atoms with Gasteiger partial charge in [-0.15, -0.1) is 0 Å². The Hall–Kier alpha value is -0.860. The van der Waals surface area contributed by atoms with Crippen molar-refractivity contribution in [1.82, 2.24) is 0 Å². The number of hydrogen-bond acceptors (Lipinski definition) is 2. The summed E-state index contributed by atoms with van der Waals surface area (Å²) in [5, 5.41) is 0.550. The van der Waals surface area contributed by atoms with Gasteiger partial charge in [-0.1, -0.05) is 43.6 Å². The van der Waals surface area contributed by atoms with Gasteiger partial charge < -0.3 is 5.73 Å². The molecule has 0 saturated heterocycles. The number of Topliss-reactive ketones (excluding diaryl/α,β-unsaturated/α-hetero) is 1. The van der Waals surface area contributed by atoms with Crippen LogP contribution in [0.3, 0.4) is 0 Å². The summed E-state index contributed by atoms with van der Waals surface area (Å²) in [5.74, 6) is -0.0561. The van der Waals surface area contributed by atoms with E-state index >= 15 is 0 Å². The van der Waals surface area contributed by atoms with Crippen molar-refractivity contribution in [3.8, 4) is 0 Å². The Bertz CT molecular complexity index is 336. The number of benzene rings is 1. The van der Waals surface area contributed by atoms with Crippen LogP contribution in [-0.4, -0.2) is 5.78 Å². The third kappa shape index (κ3) is 2.34. The number of hydrogen-bond donors (Lipinski definition) is 1. The summed E-state index contributed by atoms with van der Waals surface area (Å²) >= 11 is 5.94. The molecule has 0 heterocycles. The van der Waals surface area contributed by atoms with Crippen LogP contribution < -0.4 is 5.73 Å². The first-order chi connectivity index (χ1) is 6.54. The minimum absolute atomic E-state index is 0.0121. The van der Waals surface area contributed by atoms with E-state index < -0.39 is 6.04 Å². The Balaban J connectivity index is 2.95. The zero-order chi connectivity index (χ0) is 10.7.